The lowest BCUT2D eigenvalue weighted by Crippen LogP contribution is -1.96. The fraction of sp³-hybridized carbons (Fsp3) is 0.0500. The summed E-state index contributed by atoms with van der Waals surface area (Å²) in [5.74, 6) is 0. The van der Waals surface area contributed by atoms with Crippen LogP contribution in [0.25, 0.3) is 27.9 Å². The minimum absolute atomic E-state index is 0.00608. The first-order chi connectivity index (χ1) is 13.3. The predicted octanol–water partition coefficient (Wildman–Crippen LogP) is 3.98. The molecule has 0 saturated carbocycles. The lowest BCUT2D eigenvalue weighted by Gasteiger charge is -2.05. The van der Waals surface area contributed by atoms with Gasteiger partial charge in [-0.05, 0) is 42.0 Å². The molecule has 140 valence electrons. The molecular formula is C20H15N3O4S. The van der Waals surface area contributed by atoms with Gasteiger partial charge in [-0.2, -0.15) is 5.10 Å². The maximum Gasteiger partial charge on any atom is 0.269 e. The van der Waals surface area contributed by atoms with Crippen molar-refractivity contribution in [1.29, 1.82) is 0 Å². The van der Waals surface area contributed by atoms with Crippen LogP contribution in [0.2, 0.25) is 0 Å². The average molecular weight is 393 g/mol. The van der Waals surface area contributed by atoms with Crippen molar-refractivity contribution in [2.45, 2.75) is 4.90 Å². The number of hydrogen-bond donors (Lipinski definition) is 0. The predicted molar refractivity (Wildman–Crippen MR) is 106 cm³/mol. The Kier molecular flexibility index (Phi) is 4.20. The van der Waals surface area contributed by atoms with E-state index in [1.54, 1.807) is 40.9 Å². The van der Waals surface area contributed by atoms with E-state index in [2.05, 4.69) is 5.10 Å². The van der Waals surface area contributed by atoms with Gasteiger partial charge in [0, 0.05) is 35.7 Å². The summed E-state index contributed by atoms with van der Waals surface area (Å²) in [5.41, 5.74) is 3.88. The highest BCUT2D eigenvalue weighted by Crippen LogP contribution is 2.36. The number of nitro groups is 1. The van der Waals surface area contributed by atoms with Crippen LogP contribution in [0.5, 0.6) is 0 Å². The number of non-ortho nitro benzene ring substituents is 1. The molecule has 0 amide bonds. The zero-order chi connectivity index (χ0) is 19.9. The van der Waals surface area contributed by atoms with Gasteiger partial charge < -0.3 is 0 Å². The van der Waals surface area contributed by atoms with Gasteiger partial charge in [0.25, 0.3) is 5.69 Å². The molecule has 4 rings (SSSR count). The molecule has 7 nitrogen and oxygen atoms in total. The molecule has 0 N–H and O–H groups in total. The first-order valence-electron chi connectivity index (χ1n) is 8.37. The molecule has 0 fully saturated rings. The molecule has 0 bridgehead atoms. The number of pyridine rings is 1. The lowest BCUT2D eigenvalue weighted by molar-refractivity contribution is -0.384. The van der Waals surface area contributed by atoms with Crippen LogP contribution in [0.1, 0.15) is 0 Å². The summed E-state index contributed by atoms with van der Waals surface area (Å²) in [7, 11) is -3.29. The average Bonchev–Trinajstić information content (AvgIpc) is 3.07. The van der Waals surface area contributed by atoms with Crippen LogP contribution >= 0.6 is 0 Å². The van der Waals surface area contributed by atoms with Crippen LogP contribution in [0.4, 0.5) is 5.69 Å². The molecule has 0 unspecified atom stereocenters. The molecule has 0 atom stereocenters. The SMILES string of the molecule is CS(=O)(=O)c1ccc(-c2c(-c3ccc([N+](=O)[O-])cc3)nn3ccccc23)cc1. The van der Waals surface area contributed by atoms with Crippen LogP contribution in [0, 0.1) is 10.1 Å². The molecule has 0 spiro atoms. The molecule has 2 aromatic carbocycles. The van der Waals surface area contributed by atoms with Crippen molar-refractivity contribution in [3.63, 3.8) is 0 Å². The van der Waals surface area contributed by atoms with Crippen molar-refractivity contribution in [2.75, 3.05) is 6.26 Å². The van der Waals surface area contributed by atoms with Crippen molar-refractivity contribution >= 4 is 21.0 Å². The van der Waals surface area contributed by atoms with Crippen LogP contribution in [-0.2, 0) is 9.84 Å². The fourth-order valence-electron chi connectivity index (χ4n) is 3.10. The van der Waals surface area contributed by atoms with Gasteiger partial charge >= 0.3 is 0 Å². The molecule has 0 aliphatic carbocycles. The highest BCUT2D eigenvalue weighted by atomic mass is 32.2. The summed E-state index contributed by atoms with van der Waals surface area (Å²) in [5, 5.41) is 15.6. The van der Waals surface area contributed by atoms with Gasteiger partial charge in [-0.1, -0.05) is 18.2 Å². The summed E-state index contributed by atoms with van der Waals surface area (Å²) < 4.78 is 25.2. The third-order valence-electron chi connectivity index (χ3n) is 4.46. The monoisotopic (exact) mass is 393 g/mol. The quantitative estimate of drug-likeness (QED) is 0.386. The van der Waals surface area contributed by atoms with Crippen molar-refractivity contribution < 1.29 is 13.3 Å². The highest BCUT2D eigenvalue weighted by Gasteiger charge is 2.18. The second kappa shape index (κ2) is 6.58. The number of sulfone groups is 1. The Morgan fingerprint density at radius 2 is 1.57 bits per heavy atom. The molecule has 2 heterocycles. The molecule has 2 aromatic heterocycles. The van der Waals surface area contributed by atoms with Crippen molar-refractivity contribution in [3.05, 3.63) is 83.0 Å². The minimum atomic E-state index is -3.29. The van der Waals surface area contributed by atoms with Crippen LogP contribution in [0.3, 0.4) is 0 Å². The zero-order valence-corrected chi connectivity index (χ0v) is 15.6. The number of hydrogen-bond acceptors (Lipinski definition) is 5. The van der Waals surface area contributed by atoms with E-state index in [1.807, 2.05) is 24.4 Å². The highest BCUT2D eigenvalue weighted by molar-refractivity contribution is 7.90. The third-order valence-corrected chi connectivity index (χ3v) is 5.59. The van der Waals surface area contributed by atoms with Crippen molar-refractivity contribution in [3.8, 4) is 22.4 Å². The maximum atomic E-state index is 11.7. The van der Waals surface area contributed by atoms with Gasteiger partial charge in [-0.25, -0.2) is 12.9 Å². The molecule has 8 heteroatoms. The Hall–Kier alpha value is -3.52. The van der Waals surface area contributed by atoms with Gasteiger partial charge in [0.1, 0.15) is 5.69 Å². The summed E-state index contributed by atoms with van der Waals surface area (Å²) in [6.45, 7) is 0. The number of aromatic nitrogens is 2. The second-order valence-electron chi connectivity index (χ2n) is 6.35. The Bertz CT molecular complexity index is 1290. The second-order valence-corrected chi connectivity index (χ2v) is 8.37. The summed E-state index contributed by atoms with van der Waals surface area (Å²) in [4.78, 5) is 10.7. The molecule has 0 aliphatic heterocycles. The van der Waals surface area contributed by atoms with E-state index in [-0.39, 0.29) is 10.6 Å². The summed E-state index contributed by atoms with van der Waals surface area (Å²) in [6, 6.07) is 18.5. The zero-order valence-electron chi connectivity index (χ0n) is 14.8. The Balaban J connectivity index is 1.92. The van der Waals surface area contributed by atoms with Gasteiger partial charge in [0.2, 0.25) is 0 Å². The smallest absolute Gasteiger partial charge is 0.258 e. The Morgan fingerprint density at radius 1 is 0.929 bits per heavy atom. The first-order valence-corrected chi connectivity index (χ1v) is 10.3. The number of fused-ring (bicyclic) bond motifs is 1. The minimum Gasteiger partial charge on any atom is -0.258 e. The number of benzene rings is 2. The van der Waals surface area contributed by atoms with Gasteiger partial charge in [-0.15, -0.1) is 0 Å². The van der Waals surface area contributed by atoms with E-state index in [4.69, 9.17) is 0 Å². The Morgan fingerprint density at radius 3 is 2.18 bits per heavy atom. The van der Waals surface area contributed by atoms with E-state index in [0.717, 1.165) is 22.2 Å². The van der Waals surface area contributed by atoms with Crippen molar-refractivity contribution in [2.24, 2.45) is 0 Å². The molecule has 28 heavy (non-hydrogen) atoms. The van der Waals surface area contributed by atoms with E-state index in [0.29, 0.717) is 5.69 Å². The van der Waals surface area contributed by atoms with Gasteiger partial charge in [-0.3, -0.25) is 10.1 Å². The Labute approximate surface area is 160 Å². The molecule has 0 aliphatic rings. The molecular weight excluding hydrogens is 378 g/mol. The van der Waals surface area contributed by atoms with Crippen molar-refractivity contribution in [1.82, 2.24) is 9.61 Å². The molecule has 0 radical (unpaired) electrons. The first kappa shape index (κ1) is 17.9. The van der Waals surface area contributed by atoms with Crippen LogP contribution in [-0.4, -0.2) is 29.2 Å². The molecule has 0 saturated heterocycles. The van der Waals surface area contributed by atoms with Gasteiger partial charge in [0.15, 0.2) is 9.84 Å². The topological polar surface area (TPSA) is 94.6 Å². The largest absolute Gasteiger partial charge is 0.269 e. The maximum absolute atomic E-state index is 11.7. The van der Waals surface area contributed by atoms with Gasteiger partial charge in [0.05, 0.1) is 15.3 Å². The number of nitrogens with zero attached hydrogens (tertiary/aromatic N) is 3. The van der Waals surface area contributed by atoms with Crippen LogP contribution < -0.4 is 0 Å². The normalized spacial score (nSPS) is 11.6. The summed E-state index contributed by atoms with van der Waals surface area (Å²) >= 11 is 0. The number of nitro benzene ring substituents is 1. The van der Waals surface area contributed by atoms with E-state index in [1.165, 1.54) is 18.4 Å². The standard InChI is InChI=1S/C20H15N3O4S/c1-28(26,27)17-11-7-14(8-12-17)19-18-4-2-3-13-22(18)21-20(19)15-5-9-16(10-6-15)23(24)25/h2-13H,1H3. The summed E-state index contributed by atoms with van der Waals surface area (Å²) in [6.07, 6.45) is 2.98. The van der Waals surface area contributed by atoms with E-state index >= 15 is 0 Å². The van der Waals surface area contributed by atoms with Crippen LogP contribution in [0.15, 0.2) is 77.8 Å². The van der Waals surface area contributed by atoms with E-state index < -0.39 is 14.8 Å². The fourth-order valence-corrected chi connectivity index (χ4v) is 3.73. The molecule has 4 aromatic rings. The number of rotatable bonds is 4. The lowest BCUT2D eigenvalue weighted by atomic mass is 9.99. The van der Waals surface area contributed by atoms with E-state index in [9.17, 15) is 18.5 Å². The third kappa shape index (κ3) is 3.14.